The van der Waals surface area contributed by atoms with E-state index in [-0.39, 0.29) is 12.4 Å². The highest BCUT2D eigenvalue weighted by Gasteiger charge is 2.42. The molecule has 1 aliphatic rings. The Labute approximate surface area is 117 Å². The maximum absolute atomic E-state index is 12.8. The van der Waals surface area contributed by atoms with Crippen LogP contribution in [-0.2, 0) is 9.59 Å². The molecule has 5 nitrogen and oxygen atoms in total. The fourth-order valence-corrected chi connectivity index (χ4v) is 1.45. The third kappa shape index (κ3) is 6.85. The van der Waals surface area contributed by atoms with Crippen LogP contribution in [0.2, 0.25) is 0 Å². The molecule has 1 heterocycles. The van der Waals surface area contributed by atoms with E-state index in [1.54, 1.807) is 0 Å². The average Bonchev–Trinajstić information content (AvgIpc) is 2.63. The van der Waals surface area contributed by atoms with Gasteiger partial charge in [0.1, 0.15) is 6.54 Å². The van der Waals surface area contributed by atoms with Gasteiger partial charge in [0, 0.05) is 6.42 Å². The summed E-state index contributed by atoms with van der Waals surface area (Å²) in [6.07, 6.45) is -5.25. The summed E-state index contributed by atoms with van der Waals surface area (Å²) in [4.78, 5) is 22.3. The van der Waals surface area contributed by atoms with E-state index in [1.165, 1.54) is 5.32 Å². The van der Waals surface area contributed by atoms with E-state index in [4.69, 9.17) is 0 Å². The summed E-state index contributed by atoms with van der Waals surface area (Å²) in [5, 5.41) is 5.77. The number of rotatable bonds is 4. The third-order valence-corrected chi connectivity index (χ3v) is 2.34. The highest BCUT2D eigenvalue weighted by atomic mass is 35.5. The molecular weight excluding hydrogens is 313 g/mol. The summed E-state index contributed by atoms with van der Waals surface area (Å²) < 4.78 is 60.8. The van der Waals surface area contributed by atoms with Crippen LogP contribution in [0.5, 0.6) is 0 Å². The van der Waals surface area contributed by atoms with E-state index in [9.17, 15) is 31.5 Å². The van der Waals surface area contributed by atoms with Crippen molar-refractivity contribution in [2.24, 2.45) is 0 Å². The quantitative estimate of drug-likeness (QED) is 0.647. The molecule has 1 saturated heterocycles. The SMILES string of the molecule is Cl.O=C(CNC(=O)C1CC(F)(F)CN1)NCC(F)(F)F. The second-order valence-corrected chi connectivity index (χ2v) is 4.10. The van der Waals surface area contributed by atoms with Crippen molar-refractivity contribution in [3.05, 3.63) is 0 Å². The Morgan fingerprint density at radius 3 is 2.30 bits per heavy atom. The Morgan fingerprint density at radius 2 is 1.85 bits per heavy atom. The van der Waals surface area contributed by atoms with Crippen LogP contribution < -0.4 is 16.0 Å². The van der Waals surface area contributed by atoms with Crippen molar-refractivity contribution in [1.29, 1.82) is 0 Å². The lowest BCUT2D eigenvalue weighted by Gasteiger charge is -2.12. The summed E-state index contributed by atoms with van der Waals surface area (Å²) in [5.41, 5.74) is 0. The topological polar surface area (TPSA) is 70.2 Å². The van der Waals surface area contributed by atoms with Crippen molar-refractivity contribution in [3.8, 4) is 0 Å². The zero-order valence-corrected chi connectivity index (χ0v) is 10.8. The molecule has 0 bridgehead atoms. The molecule has 2 amide bonds. The second-order valence-electron chi connectivity index (χ2n) is 4.10. The van der Waals surface area contributed by atoms with Crippen LogP contribution in [0.4, 0.5) is 22.0 Å². The van der Waals surface area contributed by atoms with E-state index in [1.807, 2.05) is 5.32 Å². The molecule has 20 heavy (non-hydrogen) atoms. The van der Waals surface area contributed by atoms with E-state index >= 15 is 0 Å². The van der Waals surface area contributed by atoms with Gasteiger partial charge in [-0.15, -0.1) is 12.4 Å². The number of carbonyl (C=O) groups excluding carboxylic acids is 2. The summed E-state index contributed by atoms with van der Waals surface area (Å²) in [7, 11) is 0. The molecule has 1 fully saturated rings. The standard InChI is InChI=1S/C9H12F5N3O2.ClH/c10-8(11)1-5(16-3-8)7(19)15-2-6(18)17-4-9(12,13)14;/h5,16H,1-4H2,(H,15,19)(H,17,18);1H. The fourth-order valence-electron chi connectivity index (χ4n) is 1.45. The van der Waals surface area contributed by atoms with Gasteiger partial charge in [-0.1, -0.05) is 0 Å². The highest BCUT2D eigenvalue weighted by molar-refractivity contribution is 5.87. The van der Waals surface area contributed by atoms with E-state index in [2.05, 4.69) is 5.32 Å². The lowest BCUT2D eigenvalue weighted by atomic mass is 10.2. The minimum absolute atomic E-state index is 0. The Hall–Kier alpha value is -1.16. The van der Waals surface area contributed by atoms with Gasteiger partial charge in [0.25, 0.3) is 5.92 Å². The van der Waals surface area contributed by atoms with Crippen molar-refractivity contribution < 1.29 is 31.5 Å². The summed E-state index contributed by atoms with van der Waals surface area (Å²) in [6, 6.07) is -1.15. The van der Waals surface area contributed by atoms with Crippen LogP contribution in [0.15, 0.2) is 0 Å². The van der Waals surface area contributed by atoms with Gasteiger partial charge in [0.05, 0.1) is 19.1 Å². The minimum atomic E-state index is -4.55. The molecule has 3 N–H and O–H groups in total. The van der Waals surface area contributed by atoms with Gasteiger partial charge < -0.3 is 10.6 Å². The maximum Gasteiger partial charge on any atom is 0.405 e. The smallest absolute Gasteiger partial charge is 0.346 e. The van der Waals surface area contributed by atoms with Gasteiger partial charge in [0.15, 0.2) is 0 Å². The van der Waals surface area contributed by atoms with Crippen LogP contribution in [0.1, 0.15) is 6.42 Å². The number of halogens is 6. The minimum Gasteiger partial charge on any atom is -0.346 e. The van der Waals surface area contributed by atoms with Gasteiger partial charge >= 0.3 is 6.18 Å². The van der Waals surface area contributed by atoms with Gasteiger partial charge in [-0.25, -0.2) is 8.78 Å². The Balaban J connectivity index is 0.00000361. The average molecular weight is 326 g/mol. The van der Waals surface area contributed by atoms with E-state index < -0.39 is 56.0 Å². The molecule has 0 aliphatic carbocycles. The Morgan fingerprint density at radius 1 is 1.25 bits per heavy atom. The van der Waals surface area contributed by atoms with Gasteiger partial charge in [-0.3, -0.25) is 14.9 Å². The predicted molar refractivity (Wildman–Crippen MR) is 60.7 cm³/mol. The molecule has 1 atom stereocenters. The van der Waals surface area contributed by atoms with Crippen molar-refractivity contribution in [1.82, 2.24) is 16.0 Å². The second kappa shape index (κ2) is 7.02. The largest absolute Gasteiger partial charge is 0.405 e. The number of amides is 2. The lowest BCUT2D eigenvalue weighted by Crippen LogP contribution is -2.46. The van der Waals surface area contributed by atoms with Gasteiger partial charge in [-0.05, 0) is 0 Å². The molecule has 0 aromatic heterocycles. The lowest BCUT2D eigenvalue weighted by molar-refractivity contribution is -0.138. The highest BCUT2D eigenvalue weighted by Crippen LogP contribution is 2.24. The Bertz CT molecular complexity index is 364. The zero-order chi connectivity index (χ0) is 14.7. The van der Waals surface area contributed by atoms with Crippen molar-refractivity contribution in [2.45, 2.75) is 24.6 Å². The molecular formula is C9H13ClF5N3O2. The molecule has 1 aliphatic heterocycles. The van der Waals surface area contributed by atoms with Crippen LogP contribution >= 0.6 is 12.4 Å². The molecule has 11 heteroatoms. The van der Waals surface area contributed by atoms with Crippen molar-refractivity contribution in [2.75, 3.05) is 19.6 Å². The zero-order valence-electron chi connectivity index (χ0n) is 10.0. The monoisotopic (exact) mass is 325 g/mol. The predicted octanol–water partition coefficient (Wildman–Crippen LogP) is 0.200. The molecule has 1 unspecified atom stereocenters. The fraction of sp³-hybridized carbons (Fsp3) is 0.778. The number of hydrogen-bond donors (Lipinski definition) is 3. The molecule has 0 radical (unpaired) electrons. The molecule has 118 valence electrons. The first-order valence-corrected chi connectivity index (χ1v) is 5.31. The molecule has 1 rings (SSSR count). The number of nitrogens with one attached hydrogen (secondary N) is 3. The van der Waals surface area contributed by atoms with Crippen molar-refractivity contribution >= 4 is 24.2 Å². The molecule has 0 aromatic carbocycles. The van der Waals surface area contributed by atoms with Crippen LogP contribution in [-0.4, -0.2) is 49.6 Å². The van der Waals surface area contributed by atoms with Gasteiger partial charge in [0.2, 0.25) is 11.8 Å². The first-order chi connectivity index (χ1) is 8.59. The third-order valence-electron chi connectivity index (χ3n) is 2.34. The summed E-state index contributed by atoms with van der Waals surface area (Å²) in [5.74, 6) is -4.89. The first-order valence-electron chi connectivity index (χ1n) is 5.31. The van der Waals surface area contributed by atoms with Crippen LogP contribution in [0.25, 0.3) is 0 Å². The normalized spacial score (nSPS) is 20.9. The summed E-state index contributed by atoms with van der Waals surface area (Å²) >= 11 is 0. The number of alkyl halides is 5. The van der Waals surface area contributed by atoms with E-state index in [0.717, 1.165) is 0 Å². The molecule has 0 aromatic rings. The van der Waals surface area contributed by atoms with Crippen LogP contribution in [0, 0.1) is 0 Å². The molecule has 0 spiro atoms. The number of carbonyl (C=O) groups is 2. The molecule has 0 saturated carbocycles. The van der Waals surface area contributed by atoms with Crippen molar-refractivity contribution in [3.63, 3.8) is 0 Å². The van der Waals surface area contributed by atoms with Gasteiger partial charge in [-0.2, -0.15) is 13.2 Å². The van der Waals surface area contributed by atoms with E-state index in [0.29, 0.717) is 0 Å². The summed E-state index contributed by atoms with van der Waals surface area (Å²) in [6.45, 7) is -2.86. The number of hydrogen-bond acceptors (Lipinski definition) is 3. The maximum atomic E-state index is 12.8. The Kier molecular flexibility index (Phi) is 6.62. The first kappa shape index (κ1) is 18.8. The van der Waals surface area contributed by atoms with Crippen LogP contribution in [0.3, 0.4) is 0 Å².